The molecular weight excluding hydrogens is 256 g/mol. The Morgan fingerprint density at radius 1 is 1.20 bits per heavy atom. The molecule has 1 aliphatic carbocycles. The van der Waals surface area contributed by atoms with Gasteiger partial charge in [0.15, 0.2) is 0 Å². The van der Waals surface area contributed by atoms with Crippen molar-refractivity contribution in [3.63, 3.8) is 0 Å². The van der Waals surface area contributed by atoms with Crippen LogP contribution in [0, 0.1) is 5.92 Å². The molecule has 0 bridgehead atoms. The largest absolute Gasteiger partial charge is 0.388 e. The van der Waals surface area contributed by atoms with Gasteiger partial charge in [0.1, 0.15) is 0 Å². The van der Waals surface area contributed by atoms with Crippen LogP contribution in [-0.2, 0) is 4.74 Å². The third kappa shape index (κ3) is 7.10. The minimum absolute atomic E-state index is 0.0326. The van der Waals surface area contributed by atoms with Crippen molar-refractivity contribution in [3.05, 3.63) is 0 Å². The minimum Gasteiger partial charge on any atom is -0.388 e. The van der Waals surface area contributed by atoms with Crippen LogP contribution in [0.5, 0.6) is 0 Å². The molecule has 0 saturated heterocycles. The van der Waals surface area contributed by atoms with Crippen LogP contribution in [0.4, 0.5) is 4.79 Å². The number of aliphatic hydroxyl groups is 1. The van der Waals surface area contributed by atoms with E-state index in [0.29, 0.717) is 25.7 Å². The van der Waals surface area contributed by atoms with E-state index in [1.807, 2.05) is 6.92 Å². The van der Waals surface area contributed by atoms with Gasteiger partial charge in [0.2, 0.25) is 0 Å². The van der Waals surface area contributed by atoms with Gasteiger partial charge in [0.05, 0.1) is 18.2 Å². The molecule has 118 valence electrons. The average molecular weight is 286 g/mol. The fourth-order valence-electron chi connectivity index (χ4n) is 2.43. The molecule has 2 amide bonds. The topological polar surface area (TPSA) is 70.6 Å². The highest BCUT2D eigenvalue weighted by Gasteiger charge is 2.29. The molecule has 0 spiro atoms. The Hall–Kier alpha value is -0.810. The number of rotatable bonds is 7. The molecule has 3 N–H and O–H groups in total. The van der Waals surface area contributed by atoms with Crippen LogP contribution < -0.4 is 10.6 Å². The van der Waals surface area contributed by atoms with Gasteiger partial charge in [-0.3, -0.25) is 0 Å². The van der Waals surface area contributed by atoms with Crippen LogP contribution in [0.3, 0.4) is 0 Å². The van der Waals surface area contributed by atoms with Gasteiger partial charge in [-0.1, -0.05) is 33.1 Å². The number of urea groups is 1. The summed E-state index contributed by atoms with van der Waals surface area (Å²) in [5.41, 5.74) is -0.715. The first-order valence-corrected chi connectivity index (χ1v) is 7.76. The van der Waals surface area contributed by atoms with E-state index in [1.54, 1.807) is 0 Å². The Bertz CT molecular complexity index is 289. The van der Waals surface area contributed by atoms with E-state index in [1.165, 1.54) is 6.42 Å². The van der Waals surface area contributed by atoms with Gasteiger partial charge in [-0.15, -0.1) is 0 Å². The van der Waals surface area contributed by atoms with Gasteiger partial charge >= 0.3 is 6.03 Å². The van der Waals surface area contributed by atoms with E-state index >= 15 is 0 Å². The van der Waals surface area contributed by atoms with Gasteiger partial charge < -0.3 is 20.5 Å². The minimum atomic E-state index is -0.715. The van der Waals surface area contributed by atoms with Gasteiger partial charge in [0.25, 0.3) is 0 Å². The maximum Gasteiger partial charge on any atom is 0.315 e. The van der Waals surface area contributed by atoms with Crippen molar-refractivity contribution >= 4 is 6.03 Å². The Balaban J connectivity index is 2.15. The maximum absolute atomic E-state index is 11.7. The molecule has 0 aromatic carbocycles. The molecule has 0 aromatic heterocycles. The molecule has 0 radical (unpaired) electrons. The molecule has 0 aromatic rings. The lowest BCUT2D eigenvalue weighted by Crippen LogP contribution is -2.49. The number of carbonyl (C=O) groups is 1. The van der Waals surface area contributed by atoms with E-state index in [4.69, 9.17) is 4.74 Å². The van der Waals surface area contributed by atoms with Crippen molar-refractivity contribution in [2.75, 3.05) is 19.8 Å². The van der Waals surface area contributed by atoms with E-state index in [-0.39, 0.29) is 12.1 Å². The van der Waals surface area contributed by atoms with Crippen LogP contribution in [0.15, 0.2) is 0 Å². The molecule has 20 heavy (non-hydrogen) atoms. The lowest BCUT2D eigenvalue weighted by atomic mass is 9.85. The summed E-state index contributed by atoms with van der Waals surface area (Å²) < 4.78 is 5.48. The highest BCUT2D eigenvalue weighted by molar-refractivity contribution is 5.74. The summed E-state index contributed by atoms with van der Waals surface area (Å²) in [6, 6.07) is -0.264. The number of amides is 2. The molecular formula is C15H30N2O3. The second-order valence-corrected chi connectivity index (χ2v) is 6.44. The molecule has 1 fully saturated rings. The van der Waals surface area contributed by atoms with Crippen molar-refractivity contribution in [3.8, 4) is 0 Å². The van der Waals surface area contributed by atoms with Gasteiger partial charge in [-0.2, -0.15) is 0 Å². The third-order valence-electron chi connectivity index (χ3n) is 3.56. The fraction of sp³-hybridized carbons (Fsp3) is 0.933. The van der Waals surface area contributed by atoms with Crippen molar-refractivity contribution < 1.29 is 14.6 Å². The summed E-state index contributed by atoms with van der Waals surface area (Å²) in [6.07, 6.45) is 4.82. The predicted octanol–water partition coefficient (Wildman–Crippen LogP) is 2.04. The average Bonchev–Trinajstić information content (AvgIpc) is 2.37. The molecule has 5 heteroatoms. The Morgan fingerprint density at radius 2 is 1.85 bits per heavy atom. The SMILES string of the molecule is CC(C)COCC(C)NC(=O)NCC1(O)CCCCC1. The van der Waals surface area contributed by atoms with Crippen LogP contribution in [-0.4, -0.2) is 42.5 Å². The zero-order valence-corrected chi connectivity index (χ0v) is 13.1. The monoisotopic (exact) mass is 286 g/mol. The first-order valence-electron chi connectivity index (χ1n) is 7.76. The Morgan fingerprint density at radius 3 is 2.45 bits per heavy atom. The Kier molecular flexibility index (Phi) is 7.30. The summed E-state index contributed by atoms with van der Waals surface area (Å²) in [5.74, 6) is 0.497. The van der Waals surface area contributed by atoms with Crippen LogP contribution in [0.2, 0.25) is 0 Å². The second-order valence-electron chi connectivity index (χ2n) is 6.44. The van der Waals surface area contributed by atoms with Gasteiger partial charge in [-0.05, 0) is 25.7 Å². The summed E-state index contributed by atoms with van der Waals surface area (Å²) in [5, 5.41) is 15.9. The molecule has 5 nitrogen and oxygen atoms in total. The molecule has 1 unspecified atom stereocenters. The second kappa shape index (κ2) is 8.47. The van der Waals surface area contributed by atoms with Crippen LogP contribution >= 0.6 is 0 Å². The fourth-order valence-corrected chi connectivity index (χ4v) is 2.43. The lowest BCUT2D eigenvalue weighted by molar-refractivity contribution is 0.00701. The smallest absolute Gasteiger partial charge is 0.315 e. The highest BCUT2D eigenvalue weighted by atomic mass is 16.5. The standard InChI is InChI=1S/C15H30N2O3/c1-12(2)9-20-10-13(3)17-14(18)16-11-15(19)7-5-4-6-8-15/h12-13,19H,4-11H2,1-3H3,(H2,16,17,18). The van der Waals surface area contributed by atoms with E-state index in [9.17, 15) is 9.90 Å². The van der Waals surface area contributed by atoms with Crippen molar-refractivity contribution in [2.24, 2.45) is 5.92 Å². The van der Waals surface area contributed by atoms with Crippen molar-refractivity contribution in [1.29, 1.82) is 0 Å². The first-order chi connectivity index (χ1) is 9.41. The first kappa shape index (κ1) is 17.2. The number of hydrogen-bond acceptors (Lipinski definition) is 3. The zero-order chi connectivity index (χ0) is 15.0. The van der Waals surface area contributed by atoms with Gasteiger partial charge in [0, 0.05) is 13.2 Å². The number of hydrogen-bond donors (Lipinski definition) is 3. The summed E-state index contributed by atoms with van der Waals surface area (Å²) in [4.78, 5) is 11.7. The predicted molar refractivity (Wildman–Crippen MR) is 79.7 cm³/mol. The van der Waals surface area contributed by atoms with E-state index in [0.717, 1.165) is 25.7 Å². The van der Waals surface area contributed by atoms with Crippen LogP contribution in [0.1, 0.15) is 52.9 Å². The third-order valence-corrected chi connectivity index (χ3v) is 3.56. The van der Waals surface area contributed by atoms with E-state index in [2.05, 4.69) is 24.5 Å². The van der Waals surface area contributed by atoms with Crippen molar-refractivity contribution in [1.82, 2.24) is 10.6 Å². The van der Waals surface area contributed by atoms with Gasteiger partial charge in [-0.25, -0.2) is 4.79 Å². The number of carbonyl (C=O) groups excluding carboxylic acids is 1. The van der Waals surface area contributed by atoms with Crippen molar-refractivity contribution in [2.45, 2.75) is 64.5 Å². The molecule has 1 aliphatic rings. The maximum atomic E-state index is 11.7. The molecule has 1 rings (SSSR count). The summed E-state index contributed by atoms with van der Waals surface area (Å²) in [6.45, 7) is 7.64. The Labute approximate surface area is 122 Å². The quantitative estimate of drug-likeness (QED) is 0.671. The lowest BCUT2D eigenvalue weighted by Gasteiger charge is -2.32. The molecule has 1 saturated carbocycles. The molecule has 1 atom stereocenters. The normalized spacial score (nSPS) is 19.6. The molecule has 0 heterocycles. The van der Waals surface area contributed by atoms with Crippen LogP contribution in [0.25, 0.3) is 0 Å². The summed E-state index contributed by atoms with van der Waals surface area (Å²) >= 11 is 0. The number of ether oxygens (including phenoxy) is 1. The zero-order valence-electron chi connectivity index (χ0n) is 13.1. The molecule has 0 aliphatic heterocycles. The number of nitrogens with one attached hydrogen (secondary N) is 2. The summed E-state index contributed by atoms with van der Waals surface area (Å²) in [7, 11) is 0. The van der Waals surface area contributed by atoms with E-state index < -0.39 is 5.60 Å². The highest BCUT2D eigenvalue weighted by Crippen LogP contribution is 2.27.